The summed E-state index contributed by atoms with van der Waals surface area (Å²) in [5.41, 5.74) is 0.340. The lowest BCUT2D eigenvalue weighted by Gasteiger charge is -2.33. The van der Waals surface area contributed by atoms with Gasteiger partial charge in [0.05, 0.1) is 11.7 Å². The normalized spacial score (nSPS) is 31.9. The van der Waals surface area contributed by atoms with E-state index in [-0.39, 0.29) is 0 Å². The average Bonchev–Trinajstić information content (AvgIpc) is 2.64. The Morgan fingerprint density at radius 3 is 2.53 bits per heavy atom. The minimum Gasteiger partial charge on any atom is -0.372 e. The molecule has 2 unspecified atom stereocenters. The second-order valence-electron chi connectivity index (χ2n) is 6.23. The molecule has 2 aliphatic heterocycles. The molecule has 2 atom stereocenters. The molecule has 1 heteroatoms. The van der Waals surface area contributed by atoms with Crippen LogP contribution in [0.5, 0.6) is 0 Å². The number of hydrogen-bond donors (Lipinski definition) is 0. The Bertz CT molecular complexity index is 210. The van der Waals surface area contributed by atoms with Gasteiger partial charge in [-0.05, 0) is 38.5 Å². The molecule has 1 nitrogen and oxygen atoms in total. The Hall–Kier alpha value is -0.0400. The SMILES string of the molecule is CCCCCCCCCC12CCCC(CC1)O2. The van der Waals surface area contributed by atoms with Crippen LogP contribution in [0, 0.1) is 0 Å². The van der Waals surface area contributed by atoms with Crippen LogP contribution in [0.2, 0.25) is 0 Å². The summed E-state index contributed by atoms with van der Waals surface area (Å²) in [6.45, 7) is 2.29. The number of ether oxygens (including phenoxy) is 1. The van der Waals surface area contributed by atoms with Gasteiger partial charge in [0, 0.05) is 0 Å². The summed E-state index contributed by atoms with van der Waals surface area (Å²) in [4.78, 5) is 0. The van der Waals surface area contributed by atoms with E-state index in [1.165, 1.54) is 83.5 Å². The average molecular weight is 238 g/mol. The van der Waals surface area contributed by atoms with E-state index >= 15 is 0 Å². The highest BCUT2D eigenvalue weighted by molar-refractivity contribution is 4.92. The number of unbranched alkanes of at least 4 members (excludes halogenated alkanes) is 6. The van der Waals surface area contributed by atoms with Crippen LogP contribution in [0.15, 0.2) is 0 Å². The van der Waals surface area contributed by atoms with Crippen molar-refractivity contribution >= 4 is 0 Å². The maximum absolute atomic E-state index is 6.23. The first-order valence-electron chi connectivity index (χ1n) is 8.02. The third kappa shape index (κ3) is 3.98. The molecule has 0 saturated carbocycles. The fraction of sp³-hybridized carbons (Fsp3) is 1.00. The van der Waals surface area contributed by atoms with Crippen LogP contribution >= 0.6 is 0 Å². The topological polar surface area (TPSA) is 9.23 Å². The van der Waals surface area contributed by atoms with Crippen molar-refractivity contribution in [3.8, 4) is 0 Å². The molecule has 2 saturated heterocycles. The first-order chi connectivity index (χ1) is 8.35. The number of fused-ring (bicyclic) bond motifs is 2. The van der Waals surface area contributed by atoms with Crippen LogP contribution in [0.1, 0.15) is 90.4 Å². The Balaban J connectivity index is 1.53. The Labute approximate surface area is 107 Å². The lowest BCUT2D eigenvalue weighted by Crippen LogP contribution is -2.32. The molecule has 0 amide bonds. The van der Waals surface area contributed by atoms with Gasteiger partial charge in [-0.2, -0.15) is 0 Å². The van der Waals surface area contributed by atoms with Gasteiger partial charge in [-0.15, -0.1) is 0 Å². The van der Waals surface area contributed by atoms with E-state index in [0.29, 0.717) is 11.7 Å². The molecule has 17 heavy (non-hydrogen) atoms. The van der Waals surface area contributed by atoms with E-state index in [9.17, 15) is 0 Å². The second kappa shape index (κ2) is 6.78. The van der Waals surface area contributed by atoms with Crippen LogP contribution in [0.3, 0.4) is 0 Å². The molecule has 2 aliphatic rings. The van der Waals surface area contributed by atoms with Crippen LogP contribution in [0.25, 0.3) is 0 Å². The third-order valence-electron chi connectivity index (χ3n) is 4.73. The molecule has 0 spiro atoms. The van der Waals surface area contributed by atoms with E-state index in [4.69, 9.17) is 4.74 Å². The van der Waals surface area contributed by atoms with Gasteiger partial charge in [0.2, 0.25) is 0 Å². The molecule has 0 aliphatic carbocycles. The van der Waals surface area contributed by atoms with Crippen LogP contribution in [0.4, 0.5) is 0 Å². The van der Waals surface area contributed by atoms with Gasteiger partial charge in [0.25, 0.3) is 0 Å². The number of rotatable bonds is 8. The fourth-order valence-electron chi connectivity index (χ4n) is 3.65. The van der Waals surface area contributed by atoms with Crippen molar-refractivity contribution in [1.82, 2.24) is 0 Å². The summed E-state index contributed by atoms with van der Waals surface area (Å²) < 4.78 is 6.23. The van der Waals surface area contributed by atoms with Gasteiger partial charge >= 0.3 is 0 Å². The summed E-state index contributed by atoms with van der Waals surface area (Å²) in [6.07, 6.45) is 18.7. The van der Waals surface area contributed by atoms with E-state index in [1.54, 1.807) is 0 Å². The smallest absolute Gasteiger partial charge is 0.0687 e. The van der Waals surface area contributed by atoms with Gasteiger partial charge in [-0.1, -0.05) is 51.9 Å². The Morgan fingerprint density at radius 2 is 1.71 bits per heavy atom. The molecule has 0 N–H and O–H groups in total. The molecule has 2 rings (SSSR count). The molecular formula is C16H30O. The second-order valence-corrected chi connectivity index (χ2v) is 6.23. The first kappa shape index (κ1) is 13.4. The molecule has 100 valence electrons. The monoisotopic (exact) mass is 238 g/mol. The van der Waals surface area contributed by atoms with Crippen molar-refractivity contribution < 1.29 is 4.74 Å². The zero-order chi connectivity index (χ0) is 12.0. The maximum Gasteiger partial charge on any atom is 0.0687 e. The number of hydrogen-bond acceptors (Lipinski definition) is 1. The van der Waals surface area contributed by atoms with Crippen molar-refractivity contribution in [3.05, 3.63) is 0 Å². The molecule has 0 aromatic rings. The molecule has 0 radical (unpaired) electrons. The van der Waals surface area contributed by atoms with Crippen molar-refractivity contribution in [2.45, 2.75) is 102 Å². The minimum absolute atomic E-state index is 0.340. The Kier molecular flexibility index (Phi) is 5.34. The highest BCUT2D eigenvalue weighted by Gasteiger charge is 2.42. The molecule has 2 bridgehead atoms. The van der Waals surface area contributed by atoms with Crippen LogP contribution in [-0.4, -0.2) is 11.7 Å². The van der Waals surface area contributed by atoms with Crippen LogP contribution in [-0.2, 0) is 4.74 Å². The van der Waals surface area contributed by atoms with E-state index in [2.05, 4.69) is 6.92 Å². The maximum atomic E-state index is 6.23. The molecule has 2 heterocycles. The van der Waals surface area contributed by atoms with Gasteiger partial charge in [-0.3, -0.25) is 0 Å². The summed E-state index contributed by atoms with van der Waals surface area (Å²) >= 11 is 0. The zero-order valence-electron chi connectivity index (χ0n) is 11.7. The summed E-state index contributed by atoms with van der Waals surface area (Å²) in [6, 6.07) is 0. The predicted molar refractivity (Wildman–Crippen MR) is 73.3 cm³/mol. The van der Waals surface area contributed by atoms with Gasteiger partial charge in [-0.25, -0.2) is 0 Å². The van der Waals surface area contributed by atoms with Crippen molar-refractivity contribution in [2.24, 2.45) is 0 Å². The van der Waals surface area contributed by atoms with E-state index in [0.717, 1.165) is 0 Å². The van der Waals surface area contributed by atoms with Gasteiger partial charge < -0.3 is 4.74 Å². The van der Waals surface area contributed by atoms with Crippen molar-refractivity contribution in [2.75, 3.05) is 0 Å². The third-order valence-corrected chi connectivity index (χ3v) is 4.73. The van der Waals surface area contributed by atoms with Crippen molar-refractivity contribution in [1.29, 1.82) is 0 Å². The largest absolute Gasteiger partial charge is 0.372 e. The summed E-state index contributed by atoms with van der Waals surface area (Å²) in [5, 5.41) is 0. The minimum atomic E-state index is 0.340. The lowest BCUT2D eigenvalue weighted by atomic mass is 9.88. The summed E-state index contributed by atoms with van der Waals surface area (Å²) in [7, 11) is 0. The molecular weight excluding hydrogens is 208 g/mol. The standard InChI is InChI=1S/C16H30O/c1-2-3-4-5-6-7-8-12-16-13-9-10-15(17-16)11-14-16/h15H,2-14H2,1H3. The molecule has 2 fully saturated rings. The van der Waals surface area contributed by atoms with E-state index < -0.39 is 0 Å². The highest BCUT2D eigenvalue weighted by atomic mass is 16.5. The van der Waals surface area contributed by atoms with E-state index in [1.807, 2.05) is 0 Å². The molecule has 0 aromatic heterocycles. The first-order valence-corrected chi connectivity index (χ1v) is 8.02. The predicted octanol–water partition coefficient (Wildman–Crippen LogP) is 5.23. The molecule has 0 aromatic carbocycles. The quantitative estimate of drug-likeness (QED) is 0.526. The Morgan fingerprint density at radius 1 is 0.941 bits per heavy atom. The van der Waals surface area contributed by atoms with Crippen LogP contribution < -0.4 is 0 Å². The zero-order valence-corrected chi connectivity index (χ0v) is 11.7. The van der Waals surface area contributed by atoms with Gasteiger partial charge in [0.15, 0.2) is 0 Å². The van der Waals surface area contributed by atoms with Crippen molar-refractivity contribution in [3.63, 3.8) is 0 Å². The fourth-order valence-corrected chi connectivity index (χ4v) is 3.65. The lowest BCUT2D eigenvalue weighted by molar-refractivity contribution is -0.0822. The van der Waals surface area contributed by atoms with Gasteiger partial charge in [0.1, 0.15) is 0 Å². The summed E-state index contributed by atoms with van der Waals surface area (Å²) in [5.74, 6) is 0. The highest BCUT2D eigenvalue weighted by Crippen LogP contribution is 2.44.